The molecule has 8 heteroatoms. The van der Waals surface area contributed by atoms with E-state index in [0.29, 0.717) is 25.7 Å². The molecule has 2 fully saturated rings. The zero-order valence-corrected chi connectivity index (χ0v) is 24.0. The number of aliphatic hydroxyl groups excluding tert-OH is 1. The molecular formula is C30H44O8. The molecule has 212 valence electrons. The van der Waals surface area contributed by atoms with Crippen molar-refractivity contribution < 1.29 is 38.8 Å². The van der Waals surface area contributed by atoms with Crippen LogP contribution in [-0.4, -0.2) is 63.4 Å². The largest absolute Gasteiger partial charge is 0.482 e. The number of carbonyl (C=O) groups excluding carboxylic acids is 3. The first-order valence-corrected chi connectivity index (χ1v) is 14.0. The Morgan fingerprint density at radius 3 is 2.45 bits per heavy atom. The van der Waals surface area contributed by atoms with Crippen LogP contribution in [0.2, 0.25) is 0 Å². The molecule has 0 bridgehead atoms. The number of ether oxygens (including phenoxy) is 3. The van der Waals surface area contributed by atoms with Crippen molar-refractivity contribution in [2.75, 3.05) is 0 Å². The van der Waals surface area contributed by atoms with Crippen LogP contribution < -0.4 is 0 Å². The molecule has 38 heavy (non-hydrogen) atoms. The Labute approximate surface area is 225 Å². The molecule has 0 amide bonds. The monoisotopic (exact) mass is 532 g/mol. The molecule has 2 N–H and O–H groups in total. The number of Topliss-reactive ketones (excluding diaryl/α,β-unsaturated/α-hetero) is 1. The number of allylic oxidation sites excluding steroid dienone is 2. The first-order chi connectivity index (χ1) is 17.5. The van der Waals surface area contributed by atoms with Crippen molar-refractivity contribution in [3.63, 3.8) is 0 Å². The molecule has 8 nitrogen and oxygen atoms in total. The molecule has 2 aliphatic heterocycles. The van der Waals surface area contributed by atoms with Gasteiger partial charge in [0.25, 0.3) is 0 Å². The predicted octanol–water partition coefficient (Wildman–Crippen LogP) is 3.82. The molecule has 4 rings (SSSR count). The fraction of sp³-hybridized carbons (Fsp3) is 0.767. The Morgan fingerprint density at radius 1 is 1.21 bits per heavy atom. The smallest absolute Gasteiger partial charge is 0.302 e. The van der Waals surface area contributed by atoms with Crippen molar-refractivity contribution >= 4 is 17.5 Å². The maximum atomic E-state index is 13.8. The van der Waals surface area contributed by atoms with Gasteiger partial charge in [-0.05, 0) is 58.4 Å². The van der Waals surface area contributed by atoms with Crippen molar-refractivity contribution in [3.05, 3.63) is 23.0 Å². The SMILES string of the molecule is CCC(C)[C@@H](OC(C)=O)[C@@H](C)C1=CC(=O)C2=C(O[C@]3(C)CC[C@H]4O[C@@H](C(C)(C)O)CC[C@]4(C)C3[C@@H]2O)C1=O. The Kier molecular flexibility index (Phi) is 7.52. The molecule has 2 aliphatic carbocycles. The number of ketones is 2. The maximum absolute atomic E-state index is 13.8. The van der Waals surface area contributed by atoms with Gasteiger partial charge < -0.3 is 24.4 Å². The molecular weight excluding hydrogens is 488 g/mol. The summed E-state index contributed by atoms with van der Waals surface area (Å²) in [6.07, 6.45) is 2.21. The highest BCUT2D eigenvalue weighted by Gasteiger charge is 2.64. The minimum absolute atomic E-state index is 0.00693. The van der Waals surface area contributed by atoms with Crippen LogP contribution in [0, 0.1) is 23.2 Å². The van der Waals surface area contributed by atoms with Gasteiger partial charge in [-0.1, -0.05) is 34.1 Å². The summed E-state index contributed by atoms with van der Waals surface area (Å²) < 4.78 is 18.4. The third kappa shape index (κ3) is 4.66. The Bertz CT molecular complexity index is 1070. The van der Waals surface area contributed by atoms with Crippen LogP contribution in [0.3, 0.4) is 0 Å². The van der Waals surface area contributed by atoms with Crippen LogP contribution in [0.25, 0.3) is 0 Å². The summed E-state index contributed by atoms with van der Waals surface area (Å²) in [6.45, 7) is 14.5. The lowest BCUT2D eigenvalue weighted by Crippen LogP contribution is -2.66. The van der Waals surface area contributed by atoms with E-state index in [1.807, 2.05) is 20.8 Å². The van der Waals surface area contributed by atoms with Crippen LogP contribution in [0.15, 0.2) is 23.0 Å². The van der Waals surface area contributed by atoms with Crippen molar-refractivity contribution in [1.82, 2.24) is 0 Å². The van der Waals surface area contributed by atoms with Gasteiger partial charge in [-0.2, -0.15) is 0 Å². The van der Waals surface area contributed by atoms with Crippen LogP contribution in [0.5, 0.6) is 0 Å². The van der Waals surface area contributed by atoms with Crippen LogP contribution >= 0.6 is 0 Å². The number of fused-ring (bicyclic) bond motifs is 3. The zero-order chi connectivity index (χ0) is 28.4. The first kappa shape index (κ1) is 29.0. The molecule has 4 aliphatic rings. The second kappa shape index (κ2) is 9.86. The van der Waals surface area contributed by atoms with Crippen molar-refractivity contribution in [2.45, 2.75) is 123 Å². The molecule has 0 aromatic rings. The van der Waals surface area contributed by atoms with Gasteiger partial charge in [0.05, 0.1) is 29.5 Å². The van der Waals surface area contributed by atoms with E-state index in [1.54, 1.807) is 20.8 Å². The van der Waals surface area contributed by atoms with Crippen LogP contribution in [0.1, 0.15) is 87.5 Å². The summed E-state index contributed by atoms with van der Waals surface area (Å²) >= 11 is 0. The van der Waals surface area contributed by atoms with E-state index in [0.717, 1.165) is 6.42 Å². The average molecular weight is 533 g/mol. The van der Waals surface area contributed by atoms with Crippen LogP contribution in [-0.2, 0) is 28.6 Å². The minimum Gasteiger partial charge on any atom is -0.482 e. The third-order valence-electron chi connectivity index (χ3n) is 9.77. The molecule has 0 spiro atoms. The van der Waals surface area contributed by atoms with E-state index in [9.17, 15) is 24.6 Å². The van der Waals surface area contributed by atoms with E-state index in [-0.39, 0.29) is 35.0 Å². The van der Waals surface area contributed by atoms with E-state index in [1.165, 1.54) is 13.0 Å². The standard InChI is InChI=1S/C30H44O8/c1-9-15(2)25(36-17(4)31)16(3)18-14-19(32)22-24(34)27-29(7)12-10-20(28(5,6)35)37-21(29)11-13-30(27,8)38-26(22)23(18)33/h14-16,20-21,24-25,27,34-35H,9-13H2,1-8H3/t15?,16-,20+,21+,24+,25+,27?,29-,30+/m0/s1. The van der Waals surface area contributed by atoms with Gasteiger partial charge in [0.1, 0.15) is 11.7 Å². The highest BCUT2D eigenvalue weighted by molar-refractivity contribution is 6.22. The summed E-state index contributed by atoms with van der Waals surface area (Å²) in [6, 6.07) is 0. The number of esters is 1. The number of aliphatic hydroxyl groups is 2. The van der Waals surface area contributed by atoms with Gasteiger partial charge in [-0.15, -0.1) is 0 Å². The molecule has 1 saturated heterocycles. The van der Waals surface area contributed by atoms with E-state index in [4.69, 9.17) is 14.2 Å². The van der Waals surface area contributed by atoms with Gasteiger partial charge in [-0.3, -0.25) is 14.4 Å². The molecule has 0 radical (unpaired) electrons. The quantitative estimate of drug-likeness (QED) is 0.391. The molecule has 0 aromatic heterocycles. The lowest BCUT2D eigenvalue weighted by molar-refractivity contribution is -0.260. The molecule has 2 heterocycles. The third-order valence-corrected chi connectivity index (χ3v) is 9.77. The lowest BCUT2D eigenvalue weighted by atomic mass is 9.52. The van der Waals surface area contributed by atoms with E-state index in [2.05, 4.69) is 6.92 Å². The summed E-state index contributed by atoms with van der Waals surface area (Å²) in [5, 5.41) is 22.3. The van der Waals surface area contributed by atoms with Crippen LogP contribution in [0.4, 0.5) is 0 Å². The number of hydrogen-bond donors (Lipinski definition) is 2. The highest BCUT2D eigenvalue weighted by atomic mass is 16.5. The molecule has 9 atom stereocenters. The second-order valence-electron chi connectivity index (χ2n) is 13.0. The molecule has 1 saturated carbocycles. The fourth-order valence-corrected chi connectivity index (χ4v) is 7.46. The minimum atomic E-state index is -1.19. The summed E-state index contributed by atoms with van der Waals surface area (Å²) in [5.74, 6) is -2.41. The summed E-state index contributed by atoms with van der Waals surface area (Å²) in [5.41, 5.74) is -2.12. The average Bonchev–Trinajstić information content (AvgIpc) is 2.81. The number of rotatable bonds is 6. The zero-order valence-electron chi connectivity index (χ0n) is 24.0. The fourth-order valence-electron chi connectivity index (χ4n) is 7.46. The molecule has 2 unspecified atom stereocenters. The van der Waals surface area contributed by atoms with Gasteiger partial charge >= 0.3 is 5.97 Å². The highest BCUT2D eigenvalue weighted by Crippen LogP contribution is 2.59. The van der Waals surface area contributed by atoms with E-state index >= 15 is 0 Å². The first-order valence-electron chi connectivity index (χ1n) is 14.0. The number of carbonyl (C=O) groups is 3. The summed E-state index contributed by atoms with van der Waals surface area (Å²) in [4.78, 5) is 39.1. The van der Waals surface area contributed by atoms with Crippen molar-refractivity contribution in [3.8, 4) is 0 Å². The molecule has 0 aromatic carbocycles. The number of hydrogen-bond acceptors (Lipinski definition) is 8. The normalized spacial score (nSPS) is 37.7. The van der Waals surface area contributed by atoms with Gasteiger partial charge in [0, 0.05) is 29.7 Å². The van der Waals surface area contributed by atoms with Crippen molar-refractivity contribution in [2.24, 2.45) is 23.2 Å². The van der Waals surface area contributed by atoms with Crippen molar-refractivity contribution in [1.29, 1.82) is 0 Å². The summed E-state index contributed by atoms with van der Waals surface area (Å²) in [7, 11) is 0. The Hall–Kier alpha value is -2.03. The van der Waals surface area contributed by atoms with Gasteiger partial charge in [0.2, 0.25) is 5.78 Å². The Balaban J connectivity index is 1.67. The maximum Gasteiger partial charge on any atom is 0.302 e. The lowest BCUT2D eigenvalue weighted by Gasteiger charge is -2.61. The topological polar surface area (TPSA) is 119 Å². The van der Waals surface area contributed by atoms with Gasteiger partial charge in [0.15, 0.2) is 11.5 Å². The Morgan fingerprint density at radius 2 is 1.87 bits per heavy atom. The second-order valence-corrected chi connectivity index (χ2v) is 13.0. The van der Waals surface area contributed by atoms with Gasteiger partial charge in [-0.25, -0.2) is 0 Å². The predicted molar refractivity (Wildman–Crippen MR) is 140 cm³/mol. The van der Waals surface area contributed by atoms with E-state index < -0.39 is 58.2 Å².